The van der Waals surface area contributed by atoms with Crippen molar-refractivity contribution < 1.29 is 19.5 Å². The Morgan fingerprint density at radius 1 is 1.00 bits per heavy atom. The van der Waals surface area contributed by atoms with Crippen molar-refractivity contribution in [2.24, 2.45) is 11.8 Å². The summed E-state index contributed by atoms with van der Waals surface area (Å²) in [7, 11) is 0. The number of fused-ring (bicyclic) bond motifs is 2. The van der Waals surface area contributed by atoms with Gasteiger partial charge < -0.3 is 19.8 Å². The zero-order valence-electron chi connectivity index (χ0n) is 21.6. The third-order valence-electron chi connectivity index (χ3n) is 8.21. The molecule has 3 amide bonds. The lowest BCUT2D eigenvalue weighted by atomic mass is 9.74. The summed E-state index contributed by atoms with van der Waals surface area (Å²) in [6, 6.07) is -0.555. The highest BCUT2D eigenvalue weighted by molar-refractivity contribution is 8.02. The van der Waals surface area contributed by atoms with E-state index in [1.807, 2.05) is 9.80 Å². The van der Waals surface area contributed by atoms with E-state index in [1.165, 1.54) is 0 Å². The highest BCUT2D eigenvalue weighted by Gasteiger charge is 2.73. The monoisotopic (exact) mass is 503 g/mol. The number of amides is 3. The summed E-state index contributed by atoms with van der Waals surface area (Å²) in [5.41, 5.74) is 0. The van der Waals surface area contributed by atoms with Crippen molar-refractivity contribution >= 4 is 29.5 Å². The Hall–Kier alpha value is -1.80. The molecule has 0 radical (unpaired) electrons. The van der Waals surface area contributed by atoms with Crippen LogP contribution in [-0.4, -0.2) is 91.9 Å². The Bertz CT molecular complexity index is 907. The van der Waals surface area contributed by atoms with E-state index in [1.54, 1.807) is 16.7 Å². The summed E-state index contributed by atoms with van der Waals surface area (Å²) in [5, 5.41) is 9.35. The molecule has 8 heteroatoms. The number of aliphatic hydroxyl groups excluding tert-OH is 1. The first-order chi connectivity index (χ1) is 16.8. The van der Waals surface area contributed by atoms with E-state index in [9.17, 15) is 19.5 Å². The summed E-state index contributed by atoms with van der Waals surface area (Å²) in [5.74, 6) is -1.15. The van der Waals surface area contributed by atoms with E-state index in [0.717, 1.165) is 19.3 Å². The van der Waals surface area contributed by atoms with Crippen LogP contribution < -0.4 is 0 Å². The van der Waals surface area contributed by atoms with E-state index in [-0.39, 0.29) is 30.4 Å². The van der Waals surface area contributed by atoms with Crippen molar-refractivity contribution in [2.75, 3.05) is 32.8 Å². The molecule has 1 N–H and O–H groups in total. The third-order valence-corrected chi connectivity index (χ3v) is 10.0. The van der Waals surface area contributed by atoms with Crippen LogP contribution in [0.15, 0.2) is 24.3 Å². The van der Waals surface area contributed by atoms with Gasteiger partial charge in [-0.3, -0.25) is 14.4 Å². The van der Waals surface area contributed by atoms with Gasteiger partial charge in [0.15, 0.2) is 0 Å². The molecule has 35 heavy (non-hydrogen) atoms. The van der Waals surface area contributed by atoms with Gasteiger partial charge in [0, 0.05) is 43.6 Å². The van der Waals surface area contributed by atoms with E-state index in [0.29, 0.717) is 39.0 Å². The van der Waals surface area contributed by atoms with E-state index < -0.39 is 27.4 Å². The molecule has 0 saturated carbocycles. The van der Waals surface area contributed by atoms with Gasteiger partial charge in [0.25, 0.3) is 0 Å². The first-order valence-corrected chi connectivity index (χ1v) is 14.1. The number of hydrogen-bond donors (Lipinski definition) is 1. The van der Waals surface area contributed by atoms with Gasteiger partial charge in [0.1, 0.15) is 6.04 Å². The maximum atomic E-state index is 14.2. The molecule has 0 bridgehead atoms. The van der Waals surface area contributed by atoms with Crippen molar-refractivity contribution in [3.05, 3.63) is 24.3 Å². The van der Waals surface area contributed by atoms with Gasteiger partial charge in [-0.2, -0.15) is 0 Å². The van der Waals surface area contributed by atoms with Crippen molar-refractivity contribution in [3.63, 3.8) is 0 Å². The van der Waals surface area contributed by atoms with Gasteiger partial charge in [-0.1, -0.05) is 44.6 Å². The molecule has 0 aromatic rings. The molecule has 1 spiro atoms. The molecule has 4 rings (SSSR count). The maximum Gasteiger partial charge on any atom is 0.247 e. The molecule has 4 heterocycles. The number of nitrogens with zero attached hydrogens (tertiary/aromatic N) is 3. The van der Waals surface area contributed by atoms with E-state index in [4.69, 9.17) is 0 Å². The Morgan fingerprint density at radius 3 is 2.43 bits per heavy atom. The molecule has 6 atom stereocenters. The van der Waals surface area contributed by atoms with Crippen LogP contribution in [0.2, 0.25) is 0 Å². The van der Waals surface area contributed by atoms with Gasteiger partial charge in [-0.05, 0) is 39.5 Å². The molecule has 0 aliphatic carbocycles. The zero-order chi connectivity index (χ0) is 25.4. The fourth-order valence-corrected chi connectivity index (χ4v) is 8.82. The average molecular weight is 504 g/mol. The molecule has 0 aromatic carbocycles. The van der Waals surface area contributed by atoms with Crippen molar-refractivity contribution in [3.8, 4) is 0 Å². The second kappa shape index (κ2) is 10.3. The van der Waals surface area contributed by atoms with Crippen LogP contribution in [-0.2, 0) is 14.4 Å². The van der Waals surface area contributed by atoms with Crippen LogP contribution in [0.5, 0.6) is 0 Å². The SMILES string of the molecule is CCCC(C)N1CC=C[C@]23S[C@@]4(C)C=CCN(CCC)C(=O)[C@H]4[C@H]2C(=O)N(CCCCO)C3C1=O. The molecule has 4 aliphatic rings. The number of aliphatic hydroxyl groups is 1. The minimum absolute atomic E-state index is 0.00907. The molecule has 194 valence electrons. The molecule has 2 saturated heterocycles. The number of carbonyl (C=O) groups is 3. The second-order valence-electron chi connectivity index (χ2n) is 10.7. The number of hydrogen-bond acceptors (Lipinski definition) is 5. The molecule has 2 fully saturated rings. The van der Waals surface area contributed by atoms with Crippen LogP contribution in [0.25, 0.3) is 0 Å². The number of thioether (sulfide) groups is 1. The molecule has 7 nitrogen and oxygen atoms in total. The number of carbonyl (C=O) groups excluding carboxylic acids is 3. The van der Waals surface area contributed by atoms with Crippen LogP contribution in [0, 0.1) is 11.8 Å². The minimum Gasteiger partial charge on any atom is -0.396 e. The lowest BCUT2D eigenvalue weighted by molar-refractivity contribution is -0.145. The molecule has 0 aromatic heterocycles. The summed E-state index contributed by atoms with van der Waals surface area (Å²) in [6.45, 7) is 10.6. The number of likely N-dealkylation sites (tertiary alicyclic amines) is 1. The number of unbranched alkanes of at least 4 members (excludes halogenated alkanes) is 1. The summed E-state index contributed by atoms with van der Waals surface area (Å²) >= 11 is 1.65. The Morgan fingerprint density at radius 2 is 1.74 bits per heavy atom. The lowest BCUT2D eigenvalue weighted by Crippen LogP contribution is -2.55. The Labute approximate surface area is 214 Å². The normalized spacial score (nSPS) is 35.2. The first kappa shape index (κ1) is 26.3. The highest BCUT2D eigenvalue weighted by Crippen LogP contribution is 2.65. The van der Waals surface area contributed by atoms with Gasteiger partial charge in [-0.25, -0.2) is 0 Å². The Kier molecular flexibility index (Phi) is 7.72. The van der Waals surface area contributed by atoms with Gasteiger partial charge in [-0.15, -0.1) is 11.8 Å². The molecular formula is C27H41N3O4S. The lowest BCUT2D eigenvalue weighted by Gasteiger charge is -2.38. The number of rotatable bonds is 9. The van der Waals surface area contributed by atoms with Crippen molar-refractivity contribution in [1.29, 1.82) is 0 Å². The smallest absolute Gasteiger partial charge is 0.247 e. The maximum absolute atomic E-state index is 14.2. The van der Waals surface area contributed by atoms with Crippen LogP contribution in [0.3, 0.4) is 0 Å². The van der Waals surface area contributed by atoms with Crippen LogP contribution in [0.4, 0.5) is 0 Å². The standard InChI is InChI=1S/C27H41N3O4S/c1-5-11-19(3)29-17-10-13-27-21(24(33)30(16-7-8-18-31)22(27)25(29)34)20-23(32)28(14-6-2)15-9-12-26(20,4)35-27/h9-10,12-13,19-22,31H,5-8,11,14-18H2,1-4H3/t19?,20-,21+,22?,26+,27+/m1/s1. The van der Waals surface area contributed by atoms with Crippen molar-refractivity contribution in [2.45, 2.75) is 81.4 Å². The van der Waals surface area contributed by atoms with Gasteiger partial charge >= 0.3 is 0 Å². The molecular weight excluding hydrogens is 462 g/mol. The zero-order valence-corrected chi connectivity index (χ0v) is 22.4. The highest BCUT2D eigenvalue weighted by atomic mass is 32.2. The average Bonchev–Trinajstić information content (AvgIpc) is 3.08. The second-order valence-corrected chi connectivity index (χ2v) is 12.5. The summed E-state index contributed by atoms with van der Waals surface area (Å²) in [4.78, 5) is 47.9. The largest absolute Gasteiger partial charge is 0.396 e. The fourth-order valence-electron chi connectivity index (χ4n) is 6.66. The predicted molar refractivity (Wildman–Crippen MR) is 139 cm³/mol. The summed E-state index contributed by atoms with van der Waals surface area (Å²) in [6.07, 6.45) is 12.3. The molecule has 4 aliphatic heterocycles. The minimum atomic E-state index is -0.775. The first-order valence-electron chi connectivity index (χ1n) is 13.3. The van der Waals surface area contributed by atoms with Gasteiger partial charge in [0.2, 0.25) is 17.7 Å². The van der Waals surface area contributed by atoms with Crippen LogP contribution in [0.1, 0.15) is 59.8 Å². The third kappa shape index (κ3) is 4.24. The predicted octanol–water partition coefficient (Wildman–Crippen LogP) is 2.84. The molecule has 2 unspecified atom stereocenters. The topological polar surface area (TPSA) is 81.2 Å². The van der Waals surface area contributed by atoms with E-state index >= 15 is 0 Å². The fraction of sp³-hybridized carbons (Fsp3) is 0.741. The van der Waals surface area contributed by atoms with Crippen LogP contribution >= 0.6 is 11.8 Å². The van der Waals surface area contributed by atoms with E-state index in [2.05, 4.69) is 52.0 Å². The van der Waals surface area contributed by atoms with Crippen molar-refractivity contribution in [1.82, 2.24) is 14.7 Å². The quantitative estimate of drug-likeness (QED) is 0.387. The Balaban J connectivity index is 1.80. The summed E-state index contributed by atoms with van der Waals surface area (Å²) < 4.78 is -1.33. The van der Waals surface area contributed by atoms with Gasteiger partial charge in [0.05, 0.1) is 16.6 Å².